The summed E-state index contributed by atoms with van der Waals surface area (Å²) in [4.78, 5) is 4.67. The van der Waals surface area contributed by atoms with Crippen molar-refractivity contribution in [3.63, 3.8) is 0 Å². The summed E-state index contributed by atoms with van der Waals surface area (Å²) in [5.41, 5.74) is 0. The topological polar surface area (TPSA) is 26.7 Å². The first-order chi connectivity index (χ1) is 7.36. The lowest BCUT2D eigenvalue weighted by Gasteiger charge is -2.35. The molecule has 0 aromatic heterocycles. The van der Waals surface area contributed by atoms with Crippen LogP contribution < -0.4 is 0 Å². The van der Waals surface area contributed by atoms with Gasteiger partial charge >= 0.3 is 0 Å². The van der Waals surface area contributed by atoms with E-state index in [1.165, 1.54) is 51.6 Å². The predicted octanol–water partition coefficient (Wildman–Crippen LogP) is 1.28. The summed E-state index contributed by atoms with van der Waals surface area (Å²) >= 11 is 0. The molecular weight excluding hydrogens is 188 g/mol. The average Bonchev–Trinajstić information content (AvgIpc) is 2.31. The van der Waals surface area contributed by atoms with E-state index < -0.39 is 0 Å². The van der Waals surface area contributed by atoms with Crippen molar-refractivity contribution in [2.75, 3.05) is 32.7 Å². The van der Waals surface area contributed by atoms with Crippen LogP contribution in [0.25, 0.3) is 0 Å². The van der Waals surface area contributed by atoms with Crippen molar-refractivity contribution >= 4 is 0 Å². The van der Waals surface area contributed by atoms with Gasteiger partial charge in [-0.25, -0.2) is 0 Å². The van der Waals surface area contributed by atoms with Crippen molar-refractivity contribution in [2.45, 2.75) is 44.8 Å². The zero-order valence-electron chi connectivity index (χ0n) is 9.70. The Kier molecular flexibility index (Phi) is 4.42. The molecule has 0 saturated carbocycles. The molecule has 3 heteroatoms. The van der Waals surface area contributed by atoms with Crippen LogP contribution in [0.3, 0.4) is 0 Å². The number of nitrogens with zero attached hydrogens (tertiary/aromatic N) is 2. The summed E-state index contributed by atoms with van der Waals surface area (Å²) in [5, 5.41) is 10.1. The van der Waals surface area contributed by atoms with Gasteiger partial charge in [0.1, 0.15) is 6.23 Å². The molecular formula is C12H24N2O. The minimum absolute atomic E-state index is 0.219. The quantitative estimate of drug-likeness (QED) is 0.763. The van der Waals surface area contributed by atoms with Crippen molar-refractivity contribution in [3.05, 3.63) is 0 Å². The Labute approximate surface area is 93.1 Å². The molecule has 1 N–H and O–H groups in total. The molecule has 2 aliphatic heterocycles. The van der Waals surface area contributed by atoms with Crippen LogP contribution in [-0.4, -0.2) is 53.9 Å². The highest BCUT2D eigenvalue weighted by Gasteiger charge is 2.21. The summed E-state index contributed by atoms with van der Waals surface area (Å²) in [6.45, 7) is 5.42. The molecule has 3 nitrogen and oxygen atoms in total. The van der Waals surface area contributed by atoms with E-state index in [0.29, 0.717) is 0 Å². The fourth-order valence-electron chi connectivity index (χ4n) is 2.70. The standard InChI is InChI=1S/C12H24N2O/c15-12(14-9-5-2-6-10-14)11-13-7-3-1-4-8-13/h12,15H,1-11H2. The molecule has 1 unspecified atom stereocenters. The molecule has 0 radical (unpaired) electrons. The van der Waals surface area contributed by atoms with Crippen LogP contribution in [-0.2, 0) is 0 Å². The van der Waals surface area contributed by atoms with Gasteiger partial charge in [0.05, 0.1) is 0 Å². The first-order valence-electron chi connectivity index (χ1n) is 6.51. The van der Waals surface area contributed by atoms with Crippen molar-refractivity contribution in [1.29, 1.82) is 0 Å². The van der Waals surface area contributed by atoms with Gasteiger partial charge < -0.3 is 5.11 Å². The molecule has 2 fully saturated rings. The van der Waals surface area contributed by atoms with Gasteiger partial charge in [-0.05, 0) is 38.8 Å². The monoisotopic (exact) mass is 212 g/mol. The van der Waals surface area contributed by atoms with Gasteiger partial charge in [0, 0.05) is 19.6 Å². The number of aliphatic hydroxyl groups is 1. The third kappa shape index (κ3) is 3.44. The van der Waals surface area contributed by atoms with E-state index in [1.807, 2.05) is 0 Å². The van der Waals surface area contributed by atoms with Gasteiger partial charge in [-0.1, -0.05) is 12.8 Å². The Morgan fingerprint density at radius 2 is 1.33 bits per heavy atom. The molecule has 2 heterocycles. The molecule has 15 heavy (non-hydrogen) atoms. The number of hydrogen-bond donors (Lipinski definition) is 1. The van der Waals surface area contributed by atoms with Crippen molar-refractivity contribution in [2.24, 2.45) is 0 Å². The summed E-state index contributed by atoms with van der Waals surface area (Å²) in [6, 6.07) is 0. The molecule has 0 aliphatic carbocycles. The number of aliphatic hydroxyl groups excluding tert-OH is 1. The van der Waals surface area contributed by atoms with E-state index in [4.69, 9.17) is 0 Å². The molecule has 2 aliphatic rings. The predicted molar refractivity (Wildman–Crippen MR) is 61.7 cm³/mol. The van der Waals surface area contributed by atoms with E-state index in [-0.39, 0.29) is 6.23 Å². The first kappa shape index (κ1) is 11.4. The van der Waals surface area contributed by atoms with E-state index in [0.717, 1.165) is 19.6 Å². The molecule has 0 amide bonds. The fraction of sp³-hybridized carbons (Fsp3) is 1.00. The van der Waals surface area contributed by atoms with Crippen molar-refractivity contribution in [1.82, 2.24) is 9.80 Å². The van der Waals surface area contributed by atoms with E-state index >= 15 is 0 Å². The highest BCUT2D eigenvalue weighted by atomic mass is 16.3. The van der Waals surface area contributed by atoms with Crippen molar-refractivity contribution < 1.29 is 5.11 Å². The highest BCUT2D eigenvalue weighted by Crippen LogP contribution is 2.14. The second-order valence-corrected chi connectivity index (χ2v) is 4.94. The Bertz CT molecular complexity index is 174. The van der Waals surface area contributed by atoms with Gasteiger partial charge in [-0.3, -0.25) is 9.80 Å². The zero-order valence-corrected chi connectivity index (χ0v) is 9.70. The summed E-state index contributed by atoms with van der Waals surface area (Å²) < 4.78 is 0. The molecule has 0 aromatic carbocycles. The first-order valence-corrected chi connectivity index (χ1v) is 6.51. The number of rotatable bonds is 3. The Balaban J connectivity index is 1.72. The smallest absolute Gasteiger partial charge is 0.120 e. The third-order valence-corrected chi connectivity index (χ3v) is 3.68. The molecule has 0 bridgehead atoms. The normalized spacial score (nSPS) is 27.8. The number of β-amino-alcohol motifs (C(OH)–C–C–N with tert-alkyl or cyclic N) is 1. The van der Waals surface area contributed by atoms with Crippen LogP contribution >= 0.6 is 0 Å². The minimum atomic E-state index is -0.219. The Morgan fingerprint density at radius 1 is 0.800 bits per heavy atom. The molecule has 0 aromatic rings. The summed E-state index contributed by atoms with van der Waals surface area (Å²) in [6.07, 6.45) is 7.64. The van der Waals surface area contributed by atoms with Gasteiger partial charge in [0.25, 0.3) is 0 Å². The van der Waals surface area contributed by atoms with Crippen LogP contribution in [0.1, 0.15) is 38.5 Å². The SMILES string of the molecule is OC(CN1CCCCC1)N1CCCCC1. The van der Waals surface area contributed by atoms with Gasteiger partial charge in [-0.15, -0.1) is 0 Å². The maximum absolute atomic E-state index is 10.1. The highest BCUT2D eigenvalue weighted by molar-refractivity contribution is 4.72. The number of piperidine rings is 2. The summed E-state index contributed by atoms with van der Waals surface area (Å²) in [7, 11) is 0. The van der Waals surface area contributed by atoms with Crippen LogP contribution in [0, 0.1) is 0 Å². The fourth-order valence-corrected chi connectivity index (χ4v) is 2.70. The zero-order chi connectivity index (χ0) is 10.5. The third-order valence-electron chi connectivity index (χ3n) is 3.68. The van der Waals surface area contributed by atoms with E-state index in [2.05, 4.69) is 9.80 Å². The van der Waals surface area contributed by atoms with Crippen LogP contribution in [0.2, 0.25) is 0 Å². The largest absolute Gasteiger partial charge is 0.377 e. The van der Waals surface area contributed by atoms with Gasteiger partial charge in [0.2, 0.25) is 0 Å². The van der Waals surface area contributed by atoms with Crippen LogP contribution in [0.4, 0.5) is 0 Å². The van der Waals surface area contributed by atoms with Crippen LogP contribution in [0.5, 0.6) is 0 Å². The second-order valence-electron chi connectivity index (χ2n) is 4.94. The number of likely N-dealkylation sites (tertiary alicyclic amines) is 2. The minimum Gasteiger partial charge on any atom is -0.377 e. The van der Waals surface area contributed by atoms with Crippen LogP contribution in [0.15, 0.2) is 0 Å². The average molecular weight is 212 g/mol. The molecule has 1 atom stereocenters. The lowest BCUT2D eigenvalue weighted by molar-refractivity contribution is -0.0331. The maximum Gasteiger partial charge on any atom is 0.120 e. The van der Waals surface area contributed by atoms with Gasteiger partial charge in [-0.2, -0.15) is 0 Å². The second kappa shape index (κ2) is 5.83. The molecule has 0 spiro atoms. The van der Waals surface area contributed by atoms with E-state index in [9.17, 15) is 5.11 Å². The Morgan fingerprint density at radius 3 is 1.93 bits per heavy atom. The van der Waals surface area contributed by atoms with Gasteiger partial charge in [0.15, 0.2) is 0 Å². The Hall–Kier alpha value is -0.120. The maximum atomic E-state index is 10.1. The molecule has 2 rings (SSSR count). The lowest BCUT2D eigenvalue weighted by Crippen LogP contribution is -2.47. The number of hydrogen-bond acceptors (Lipinski definition) is 3. The molecule has 2 saturated heterocycles. The summed E-state index contributed by atoms with van der Waals surface area (Å²) in [5.74, 6) is 0. The lowest BCUT2D eigenvalue weighted by atomic mass is 10.1. The molecule has 88 valence electrons. The van der Waals surface area contributed by atoms with E-state index in [1.54, 1.807) is 0 Å². The van der Waals surface area contributed by atoms with Crippen molar-refractivity contribution in [3.8, 4) is 0 Å².